The molecule has 1 saturated heterocycles. The molecule has 1 amide bonds. The van der Waals surface area contributed by atoms with E-state index in [1.54, 1.807) is 0 Å². The van der Waals surface area contributed by atoms with Crippen molar-refractivity contribution >= 4 is 11.6 Å². The summed E-state index contributed by atoms with van der Waals surface area (Å²) in [6.07, 6.45) is 11.2. The van der Waals surface area contributed by atoms with Crippen LogP contribution in [0.15, 0.2) is 48.7 Å². The summed E-state index contributed by atoms with van der Waals surface area (Å²) in [5, 5.41) is 8.85. The molecule has 5 heteroatoms. The lowest BCUT2D eigenvalue weighted by atomic mass is 9.42. The average molecular weight is 455 g/mol. The van der Waals surface area contributed by atoms with Crippen LogP contribution in [0.2, 0.25) is 0 Å². The van der Waals surface area contributed by atoms with E-state index < -0.39 is 0 Å². The van der Waals surface area contributed by atoms with Gasteiger partial charge in [0.05, 0.1) is 5.41 Å². The van der Waals surface area contributed by atoms with Crippen molar-refractivity contribution < 1.29 is 4.79 Å². The molecule has 8 rings (SSSR count). The highest BCUT2D eigenvalue weighted by molar-refractivity contribution is 5.84. The Balaban J connectivity index is 1.12. The van der Waals surface area contributed by atoms with Gasteiger partial charge in [-0.05, 0) is 93.2 Å². The summed E-state index contributed by atoms with van der Waals surface area (Å²) in [6.45, 7) is 3.86. The maximum Gasteiger partial charge on any atom is 0.228 e. The quantitative estimate of drug-likeness (QED) is 0.541. The topological polar surface area (TPSA) is 50.5 Å². The molecule has 4 aliphatic carbocycles. The van der Waals surface area contributed by atoms with Crippen molar-refractivity contribution in [3.05, 3.63) is 65.6 Å². The molecule has 4 bridgehead atoms. The second-order valence-corrected chi connectivity index (χ2v) is 11.9. The zero-order valence-corrected chi connectivity index (χ0v) is 20.1. The summed E-state index contributed by atoms with van der Waals surface area (Å²) in [7, 11) is 0. The maximum atomic E-state index is 14.2. The van der Waals surface area contributed by atoms with E-state index in [9.17, 15) is 4.79 Å². The number of hydrogen-bond donors (Lipinski definition) is 0. The van der Waals surface area contributed by atoms with Crippen LogP contribution in [-0.4, -0.2) is 38.5 Å². The van der Waals surface area contributed by atoms with Gasteiger partial charge in [-0.3, -0.25) is 9.20 Å². The van der Waals surface area contributed by atoms with Gasteiger partial charge in [-0.1, -0.05) is 35.9 Å². The van der Waals surface area contributed by atoms with Crippen molar-refractivity contribution in [2.24, 2.45) is 17.3 Å². The third-order valence-corrected chi connectivity index (χ3v) is 9.67. The molecule has 1 aromatic carbocycles. The number of nitrogens with zero attached hydrogens (tertiary/aromatic N) is 4. The fourth-order valence-corrected chi connectivity index (χ4v) is 8.57. The van der Waals surface area contributed by atoms with Gasteiger partial charge in [0.15, 0.2) is 5.65 Å². The monoisotopic (exact) mass is 454 g/mol. The highest BCUT2D eigenvalue weighted by Gasteiger charge is 2.61. The number of benzene rings is 1. The highest BCUT2D eigenvalue weighted by Crippen LogP contribution is 2.66. The van der Waals surface area contributed by atoms with Crippen molar-refractivity contribution in [2.75, 3.05) is 13.1 Å². The minimum absolute atomic E-state index is 0.136. The average Bonchev–Trinajstić information content (AvgIpc) is 3.27. The normalized spacial score (nSPS) is 33.0. The number of carbonyl (C=O) groups excluding carboxylic acids is 1. The van der Waals surface area contributed by atoms with E-state index >= 15 is 0 Å². The number of pyridine rings is 1. The molecule has 3 aromatic rings. The standard InChI is InChI=1S/C29H34N4O/c1-20-5-7-24(8-6-20)28-15-21-14-22(16-28)18-29(17-21,19-28)27(34)32-12-9-23(10-13-32)26-31-30-25-4-2-3-11-33(25)26/h2-8,11,21-23H,9-10,12-19H2,1H3. The van der Waals surface area contributed by atoms with Crippen LogP contribution >= 0.6 is 0 Å². The second kappa shape index (κ2) is 7.40. The van der Waals surface area contributed by atoms with Crippen LogP contribution in [0.25, 0.3) is 5.65 Å². The first-order chi connectivity index (χ1) is 16.5. The Morgan fingerprint density at radius 1 is 0.941 bits per heavy atom. The van der Waals surface area contributed by atoms with Gasteiger partial charge in [0.1, 0.15) is 5.82 Å². The molecule has 0 N–H and O–H groups in total. The van der Waals surface area contributed by atoms with Crippen molar-refractivity contribution in [1.82, 2.24) is 19.5 Å². The van der Waals surface area contributed by atoms with Gasteiger partial charge in [-0.25, -0.2) is 0 Å². The Morgan fingerprint density at radius 3 is 2.41 bits per heavy atom. The summed E-state index contributed by atoms with van der Waals surface area (Å²) in [5.41, 5.74) is 3.80. The minimum Gasteiger partial charge on any atom is -0.342 e. The minimum atomic E-state index is -0.136. The molecule has 0 radical (unpaired) electrons. The predicted molar refractivity (Wildman–Crippen MR) is 132 cm³/mol. The van der Waals surface area contributed by atoms with Crippen molar-refractivity contribution in [1.29, 1.82) is 0 Å². The summed E-state index contributed by atoms with van der Waals surface area (Å²) >= 11 is 0. The second-order valence-electron chi connectivity index (χ2n) is 11.9. The van der Waals surface area contributed by atoms with E-state index in [1.165, 1.54) is 30.4 Å². The third kappa shape index (κ3) is 3.08. The molecule has 0 spiro atoms. The molecule has 4 saturated carbocycles. The SMILES string of the molecule is Cc1ccc(C23CC4CC(CC(C(=O)N5CCC(c6nnc7ccccn67)CC5)(C4)C2)C3)cc1. The fourth-order valence-electron chi connectivity index (χ4n) is 8.57. The van der Waals surface area contributed by atoms with Gasteiger partial charge in [0.2, 0.25) is 5.91 Å². The van der Waals surface area contributed by atoms with Gasteiger partial charge in [0.25, 0.3) is 0 Å². The Bertz CT molecular complexity index is 1220. The van der Waals surface area contributed by atoms with Crippen LogP contribution in [-0.2, 0) is 10.2 Å². The van der Waals surface area contributed by atoms with E-state index in [2.05, 4.69) is 56.9 Å². The van der Waals surface area contributed by atoms with Crippen molar-refractivity contribution in [3.63, 3.8) is 0 Å². The van der Waals surface area contributed by atoms with Crippen molar-refractivity contribution in [2.45, 2.75) is 69.6 Å². The van der Waals surface area contributed by atoms with Crippen LogP contribution in [0.5, 0.6) is 0 Å². The number of likely N-dealkylation sites (tertiary alicyclic amines) is 1. The third-order valence-electron chi connectivity index (χ3n) is 9.67. The Labute approximate surface area is 201 Å². The van der Waals surface area contributed by atoms with E-state index in [4.69, 9.17) is 0 Å². The van der Waals surface area contributed by atoms with E-state index in [0.717, 1.165) is 56.7 Å². The van der Waals surface area contributed by atoms with E-state index in [1.807, 2.05) is 18.2 Å². The molecule has 5 nitrogen and oxygen atoms in total. The van der Waals surface area contributed by atoms with Gasteiger partial charge < -0.3 is 4.90 Å². The molecule has 2 unspecified atom stereocenters. The molecule has 2 aromatic heterocycles. The number of piperidine rings is 1. The smallest absolute Gasteiger partial charge is 0.228 e. The summed E-state index contributed by atoms with van der Waals surface area (Å²) < 4.78 is 2.12. The number of fused-ring (bicyclic) bond motifs is 1. The Kier molecular flexibility index (Phi) is 4.50. The lowest BCUT2D eigenvalue weighted by Gasteiger charge is -2.62. The van der Waals surface area contributed by atoms with E-state index in [-0.39, 0.29) is 10.8 Å². The van der Waals surface area contributed by atoms with Crippen LogP contribution in [0.3, 0.4) is 0 Å². The number of carbonyl (C=O) groups is 1. The van der Waals surface area contributed by atoms with Gasteiger partial charge in [-0.2, -0.15) is 0 Å². The molecule has 176 valence electrons. The number of hydrogen-bond acceptors (Lipinski definition) is 3. The number of aromatic nitrogens is 3. The first-order valence-corrected chi connectivity index (χ1v) is 13.2. The van der Waals surface area contributed by atoms with Crippen LogP contribution in [0, 0.1) is 24.2 Å². The van der Waals surface area contributed by atoms with Gasteiger partial charge in [0, 0.05) is 25.2 Å². The number of rotatable bonds is 3. The largest absolute Gasteiger partial charge is 0.342 e. The van der Waals surface area contributed by atoms with Gasteiger partial charge in [-0.15, -0.1) is 10.2 Å². The molecule has 5 aliphatic rings. The summed E-state index contributed by atoms with van der Waals surface area (Å²) in [5.74, 6) is 3.31. The summed E-state index contributed by atoms with van der Waals surface area (Å²) in [4.78, 5) is 16.4. The van der Waals surface area contributed by atoms with Crippen LogP contribution < -0.4 is 0 Å². The lowest BCUT2D eigenvalue weighted by molar-refractivity contribution is -0.161. The number of aryl methyl sites for hydroxylation is 1. The fraction of sp³-hybridized carbons (Fsp3) is 0.552. The molecular formula is C29H34N4O. The first kappa shape index (κ1) is 20.7. The molecule has 1 aliphatic heterocycles. The van der Waals surface area contributed by atoms with E-state index in [0.29, 0.717) is 23.7 Å². The first-order valence-electron chi connectivity index (χ1n) is 13.2. The zero-order chi connectivity index (χ0) is 22.9. The Morgan fingerprint density at radius 2 is 1.68 bits per heavy atom. The molecule has 3 heterocycles. The lowest BCUT2D eigenvalue weighted by Crippen LogP contribution is -2.60. The molecule has 34 heavy (non-hydrogen) atoms. The van der Waals surface area contributed by atoms with Crippen LogP contribution in [0.1, 0.15) is 74.2 Å². The Hall–Kier alpha value is -2.69. The predicted octanol–water partition coefficient (Wildman–Crippen LogP) is 5.28. The maximum absolute atomic E-state index is 14.2. The zero-order valence-electron chi connectivity index (χ0n) is 20.1. The van der Waals surface area contributed by atoms with Crippen LogP contribution in [0.4, 0.5) is 0 Å². The molecule has 2 atom stereocenters. The molecular weight excluding hydrogens is 420 g/mol. The molecule has 5 fully saturated rings. The summed E-state index contributed by atoms with van der Waals surface area (Å²) in [6, 6.07) is 15.3. The van der Waals surface area contributed by atoms with Gasteiger partial charge >= 0.3 is 0 Å². The highest BCUT2D eigenvalue weighted by atomic mass is 16.2. The number of amides is 1. The van der Waals surface area contributed by atoms with Crippen molar-refractivity contribution in [3.8, 4) is 0 Å².